The van der Waals surface area contributed by atoms with Gasteiger partial charge in [0.15, 0.2) is 0 Å². The van der Waals surface area contributed by atoms with Gasteiger partial charge < -0.3 is 4.74 Å². The molecule has 2 rings (SSSR count). The van der Waals surface area contributed by atoms with Crippen molar-refractivity contribution >= 4 is 0 Å². The highest BCUT2D eigenvalue weighted by molar-refractivity contribution is 5.71. The van der Waals surface area contributed by atoms with E-state index < -0.39 is 0 Å². The predicted octanol–water partition coefficient (Wildman–Crippen LogP) is 6.32. The maximum absolute atomic E-state index is 6.25. The molecule has 1 nitrogen and oxygen atoms in total. The van der Waals surface area contributed by atoms with E-state index in [-0.39, 0.29) is 0 Å². The number of hydrogen-bond donors (Lipinski definition) is 0. The van der Waals surface area contributed by atoms with Crippen LogP contribution in [0.4, 0.5) is 0 Å². The number of benzene rings is 2. The quantitative estimate of drug-likeness (QED) is 0.581. The first-order valence-corrected chi connectivity index (χ1v) is 8.49. The van der Waals surface area contributed by atoms with Gasteiger partial charge in [-0.05, 0) is 61.1 Å². The van der Waals surface area contributed by atoms with Crippen molar-refractivity contribution in [2.45, 2.75) is 59.5 Å². The largest absolute Gasteiger partial charge is 0.490 e. The highest BCUT2D eigenvalue weighted by Crippen LogP contribution is 2.31. The number of hydrogen-bond acceptors (Lipinski definition) is 1. The molecule has 2 aromatic carbocycles. The van der Waals surface area contributed by atoms with Crippen LogP contribution in [0.1, 0.15) is 50.7 Å². The van der Waals surface area contributed by atoms with Crippen molar-refractivity contribution in [1.29, 1.82) is 0 Å². The lowest BCUT2D eigenvalue weighted by Crippen LogP contribution is -2.16. The summed E-state index contributed by atoms with van der Waals surface area (Å²) in [5.74, 6) is 1.02. The molecule has 0 N–H and O–H groups in total. The Morgan fingerprint density at radius 1 is 0.864 bits per heavy atom. The summed E-state index contributed by atoms with van der Waals surface area (Å²) < 4.78 is 6.25. The van der Waals surface area contributed by atoms with Crippen LogP contribution in [0.25, 0.3) is 11.1 Å². The van der Waals surface area contributed by atoms with Crippen molar-refractivity contribution in [1.82, 2.24) is 0 Å². The van der Waals surface area contributed by atoms with E-state index in [0.717, 1.165) is 18.6 Å². The molecule has 2 aromatic rings. The smallest absolute Gasteiger partial charge is 0.120 e. The molecular weight excluding hydrogens is 268 g/mol. The zero-order valence-electron chi connectivity index (χ0n) is 14.4. The normalized spacial score (nSPS) is 11.0. The lowest BCUT2D eigenvalue weighted by molar-refractivity contribution is 0.178. The van der Waals surface area contributed by atoms with Gasteiger partial charge in [-0.25, -0.2) is 0 Å². The molecule has 0 atom stereocenters. The first-order valence-electron chi connectivity index (χ1n) is 8.49. The van der Waals surface area contributed by atoms with Gasteiger partial charge in [-0.15, -0.1) is 0 Å². The number of rotatable bonds is 7. The average Bonchev–Trinajstić information content (AvgIpc) is 2.48. The molecule has 1 heteroatoms. The van der Waals surface area contributed by atoms with E-state index in [1.54, 1.807) is 0 Å². The predicted molar refractivity (Wildman–Crippen MR) is 95.6 cm³/mol. The third-order valence-corrected chi connectivity index (χ3v) is 4.09. The van der Waals surface area contributed by atoms with E-state index in [2.05, 4.69) is 70.2 Å². The molecule has 0 heterocycles. The zero-order chi connectivity index (χ0) is 15.9. The van der Waals surface area contributed by atoms with Crippen LogP contribution in [0.3, 0.4) is 0 Å². The standard InChI is InChI=1S/C21H28O/c1-5-10-19(11-6-2)22-20-14-16(3)21(17(4)15-20)18-12-8-7-9-13-18/h7-9,12-15,19H,5-6,10-11H2,1-4H3. The van der Waals surface area contributed by atoms with Crippen molar-refractivity contribution in [3.05, 3.63) is 53.6 Å². The third-order valence-electron chi connectivity index (χ3n) is 4.09. The minimum absolute atomic E-state index is 0.344. The molecule has 0 saturated heterocycles. The second-order valence-corrected chi connectivity index (χ2v) is 6.12. The van der Waals surface area contributed by atoms with Crippen molar-refractivity contribution in [2.75, 3.05) is 0 Å². The molecular formula is C21H28O. The summed E-state index contributed by atoms with van der Waals surface area (Å²) in [6, 6.07) is 15.0. The summed E-state index contributed by atoms with van der Waals surface area (Å²) in [5, 5.41) is 0. The van der Waals surface area contributed by atoms with Gasteiger partial charge in [0.25, 0.3) is 0 Å². The van der Waals surface area contributed by atoms with Gasteiger partial charge >= 0.3 is 0 Å². The van der Waals surface area contributed by atoms with E-state index in [4.69, 9.17) is 4.74 Å². The molecule has 0 radical (unpaired) electrons. The summed E-state index contributed by atoms with van der Waals surface area (Å²) in [6.07, 6.45) is 4.95. The van der Waals surface area contributed by atoms with Crippen LogP contribution >= 0.6 is 0 Å². The average molecular weight is 296 g/mol. The Labute approximate surface area is 135 Å². The van der Waals surface area contributed by atoms with Gasteiger partial charge in [0, 0.05) is 0 Å². The van der Waals surface area contributed by atoms with Crippen LogP contribution in [0, 0.1) is 13.8 Å². The van der Waals surface area contributed by atoms with Crippen molar-refractivity contribution in [3.63, 3.8) is 0 Å². The topological polar surface area (TPSA) is 9.23 Å². The molecule has 0 spiro atoms. The van der Waals surface area contributed by atoms with E-state index in [1.165, 1.54) is 35.1 Å². The highest BCUT2D eigenvalue weighted by atomic mass is 16.5. The molecule has 118 valence electrons. The van der Waals surface area contributed by atoms with Gasteiger partial charge in [0.05, 0.1) is 6.10 Å². The molecule has 0 unspecified atom stereocenters. The van der Waals surface area contributed by atoms with Crippen molar-refractivity contribution < 1.29 is 4.74 Å². The fourth-order valence-electron chi connectivity index (χ4n) is 3.15. The lowest BCUT2D eigenvalue weighted by Gasteiger charge is -2.20. The minimum Gasteiger partial charge on any atom is -0.490 e. The molecule has 0 aliphatic carbocycles. The van der Waals surface area contributed by atoms with E-state index in [0.29, 0.717) is 6.10 Å². The van der Waals surface area contributed by atoms with Gasteiger partial charge in [-0.2, -0.15) is 0 Å². The summed E-state index contributed by atoms with van der Waals surface area (Å²) in [6.45, 7) is 8.80. The van der Waals surface area contributed by atoms with Crippen LogP contribution < -0.4 is 4.74 Å². The van der Waals surface area contributed by atoms with Crippen LogP contribution in [0.2, 0.25) is 0 Å². The van der Waals surface area contributed by atoms with Crippen LogP contribution in [-0.4, -0.2) is 6.10 Å². The fourth-order valence-corrected chi connectivity index (χ4v) is 3.15. The summed E-state index contributed by atoms with van der Waals surface area (Å²) in [5.41, 5.74) is 5.18. The first-order chi connectivity index (χ1) is 10.7. The maximum atomic E-state index is 6.25. The molecule has 22 heavy (non-hydrogen) atoms. The summed E-state index contributed by atoms with van der Waals surface area (Å²) in [7, 11) is 0. The Bertz CT molecular complexity index is 557. The molecule has 0 aliphatic heterocycles. The van der Waals surface area contributed by atoms with Crippen LogP contribution in [-0.2, 0) is 0 Å². The fraction of sp³-hybridized carbons (Fsp3) is 0.429. The second-order valence-electron chi connectivity index (χ2n) is 6.12. The Morgan fingerprint density at radius 3 is 1.91 bits per heavy atom. The van der Waals surface area contributed by atoms with Crippen LogP contribution in [0.15, 0.2) is 42.5 Å². The van der Waals surface area contributed by atoms with Crippen molar-refractivity contribution in [2.24, 2.45) is 0 Å². The molecule has 0 bridgehead atoms. The monoisotopic (exact) mass is 296 g/mol. The first kappa shape index (κ1) is 16.6. The van der Waals surface area contributed by atoms with Gasteiger partial charge in [0.2, 0.25) is 0 Å². The Balaban J connectivity index is 2.26. The van der Waals surface area contributed by atoms with Crippen molar-refractivity contribution in [3.8, 4) is 16.9 Å². The Hall–Kier alpha value is -1.76. The second kappa shape index (κ2) is 8.03. The van der Waals surface area contributed by atoms with E-state index in [9.17, 15) is 0 Å². The molecule has 0 fully saturated rings. The van der Waals surface area contributed by atoms with Gasteiger partial charge in [-0.3, -0.25) is 0 Å². The molecule has 0 aliphatic rings. The number of ether oxygens (including phenoxy) is 1. The Morgan fingerprint density at radius 2 is 1.41 bits per heavy atom. The van der Waals surface area contributed by atoms with Gasteiger partial charge in [0.1, 0.15) is 5.75 Å². The highest BCUT2D eigenvalue weighted by Gasteiger charge is 2.12. The Kier molecular flexibility index (Phi) is 6.06. The zero-order valence-corrected chi connectivity index (χ0v) is 14.4. The SMILES string of the molecule is CCCC(CCC)Oc1cc(C)c(-c2ccccc2)c(C)c1. The molecule has 0 saturated carbocycles. The molecule has 0 amide bonds. The van der Waals surface area contributed by atoms with E-state index >= 15 is 0 Å². The van der Waals surface area contributed by atoms with E-state index in [1.807, 2.05) is 0 Å². The summed E-state index contributed by atoms with van der Waals surface area (Å²) >= 11 is 0. The minimum atomic E-state index is 0.344. The van der Waals surface area contributed by atoms with Gasteiger partial charge in [-0.1, -0.05) is 57.0 Å². The summed E-state index contributed by atoms with van der Waals surface area (Å²) in [4.78, 5) is 0. The van der Waals surface area contributed by atoms with Crippen LogP contribution in [0.5, 0.6) is 5.75 Å². The lowest BCUT2D eigenvalue weighted by atomic mass is 9.95. The maximum Gasteiger partial charge on any atom is 0.120 e. The molecule has 0 aromatic heterocycles. The number of aryl methyl sites for hydroxylation is 2. The third kappa shape index (κ3) is 4.13.